The van der Waals surface area contributed by atoms with Gasteiger partial charge in [0, 0.05) is 26.9 Å². The van der Waals surface area contributed by atoms with E-state index in [1.54, 1.807) is 7.11 Å². The van der Waals surface area contributed by atoms with E-state index in [1.807, 2.05) is 0 Å². The van der Waals surface area contributed by atoms with Crippen LogP contribution in [0.1, 0.15) is 51.4 Å². The van der Waals surface area contributed by atoms with Gasteiger partial charge in [-0.05, 0) is 32.1 Å². The van der Waals surface area contributed by atoms with Crippen LogP contribution < -0.4 is 0 Å². The minimum absolute atomic E-state index is 0.0604. The number of ether oxygens (including phenoxy) is 5. The molecule has 0 radical (unpaired) electrons. The molecule has 126 valence electrons. The van der Waals surface area contributed by atoms with Crippen molar-refractivity contribution in [3.05, 3.63) is 0 Å². The smallest absolute Gasteiger partial charge is 0.157 e. The van der Waals surface area contributed by atoms with Crippen molar-refractivity contribution in [2.24, 2.45) is 0 Å². The summed E-state index contributed by atoms with van der Waals surface area (Å²) in [6.45, 7) is 4.06. The fourth-order valence-corrected chi connectivity index (χ4v) is 2.21. The van der Waals surface area contributed by atoms with E-state index in [2.05, 4.69) is 0 Å². The Labute approximate surface area is 129 Å². The fraction of sp³-hybridized carbons (Fsp3) is 1.00. The highest BCUT2D eigenvalue weighted by atomic mass is 16.7. The molecule has 5 heteroatoms. The zero-order valence-corrected chi connectivity index (χ0v) is 13.5. The van der Waals surface area contributed by atoms with Crippen LogP contribution in [0.3, 0.4) is 0 Å². The predicted molar refractivity (Wildman–Crippen MR) is 81.3 cm³/mol. The fourth-order valence-electron chi connectivity index (χ4n) is 2.21. The molecule has 1 rings (SSSR count). The van der Waals surface area contributed by atoms with Gasteiger partial charge >= 0.3 is 0 Å². The molecule has 0 aliphatic carbocycles. The quantitative estimate of drug-likeness (QED) is 0.364. The minimum atomic E-state index is 0.0604. The monoisotopic (exact) mass is 304 g/mol. The summed E-state index contributed by atoms with van der Waals surface area (Å²) in [7, 11) is 1.66. The van der Waals surface area contributed by atoms with Gasteiger partial charge in [0.2, 0.25) is 0 Å². The second-order valence-electron chi connectivity index (χ2n) is 5.36. The summed E-state index contributed by atoms with van der Waals surface area (Å²) in [5, 5.41) is 0. The van der Waals surface area contributed by atoms with E-state index >= 15 is 0 Å². The van der Waals surface area contributed by atoms with Gasteiger partial charge in [-0.3, -0.25) is 0 Å². The largest absolute Gasteiger partial charge is 0.382 e. The van der Waals surface area contributed by atoms with E-state index in [0.29, 0.717) is 20.0 Å². The Balaban J connectivity index is 1.69. The van der Waals surface area contributed by atoms with Crippen molar-refractivity contribution in [2.75, 3.05) is 46.9 Å². The van der Waals surface area contributed by atoms with Gasteiger partial charge in [0.1, 0.15) is 6.79 Å². The topological polar surface area (TPSA) is 46.2 Å². The highest BCUT2D eigenvalue weighted by Gasteiger charge is 2.13. The van der Waals surface area contributed by atoms with Gasteiger partial charge in [0.05, 0.1) is 13.2 Å². The van der Waals surface area contributed by atoms with Crippen LogP contribution in [-0.4, -0.2) is 53.2 Å². The maximum absolute atomic E-state index is 5.70. The molecule has 0 N–H and O–H groups in total. The first kappa shape index (κ1) is 18.8. The van der Waals surface area contributed by atoms with E-state index in [4.69, 9.17) is 23.7 Å². The van der Waals surface area contributed by atoms with Crippen LogP contribution in [0.25, 0.3) is 0 Å². The van der Waals surface area contributed by atoms with Crippen molar-refractivity contribution in [3.63, 3.8) is 0 Å². The molecule has 0 saturated carbocycles. The second-order valence-corrected chi connectivity index (χ2v) is 5.36. The molecule has 0 spiro atoms. The molecule has 1 atom stereocenters. The summed E-state index contributed by atoms with van der Waals surface area (Å²) in [4.78, 5) is 0. The molecule has 0 amide bonds. The third kappa shape index (κ3) is 12.1. The van der Waals surface area contributed by atoms with Gasteiger partial charge in [0.25, 0.3) is 0 Å². The first-order valence-electron chi connectivity index (χ1n) is 8.31. The molecule has 1 saturated heterocycles. The SMILES string of the molecule is COCCOCOCCCCCCCOC1CCCCO1. The normalized spacial score (nSPS) is 19.0. The zero-order chi connectivity index (χ0) is 15.0. The predicted octanol–water partition coefficient (Wildman–Crippen LogP) is 3.12. The summed E-state index contributed by atoms with van der Waals surface area (Å²) < 4.78 is 26.7. The van der Waals surface area contributed by atoms with Crippen LogP contribution in [0.5, 0.6) is 0 Å². The van der Waals surface area contributed by atoms with Crippen LogP contribution >= 0.6 is 0 Å². The zero-order valence-electron chi connectivity index (χ0n) is 13.5. The molecule has 1 unspecified atom stereocenters. The van der Waals surface area contributed by atoms with Gasteiger partial charge in [-0.25, -0.2) is 0 Å². The molecule has 21 heavy (non-hydrogen) atoms. The summed E-state index contributed by atoms with van der Waals surface area (Å²) >= 11 is 0. The van der Waals surface area contributed by atoms with Crippen molar-refractivity contribution in [1.29, 1.82) is 0 Å². The van der Waals surface area contributed by atoms with E-state index in [9.17, 15) is 0 Å². The highest BCUT2D eigenvalue weighted by Crippen LogP contribution is 2.14. The molecule has 0 bridgehead atoms. The lowest BCUT2D eigenvalue weighted by Crippen LogP contribution is -2.22. The molecule has 1 heterocycles. The van der Waals surface area contributed by atoms with E-state index in [-0.39, 0.29) is 6.29 Å². The molecule has 0 aromatic heterocycles. The molecular weight excluding hydrogens is 272 g/mol. The van der Waals surface area contributed by atoms with Gasteiger partial charge in [-0.2, -0.15) is 0 Å². The average molecular weight is 304 g/mol. The van der Waals surface area contributed by atoms with Crippen molar-refractivity contribution < 1.29 is 23.7 Å². The Morgan fingerprint density at radius 2 is 1.62 bits per heavy atom. The standard InChI is InChI=1S/C16H32O5/c1-17-13-14-19-15-18-10-6-3-2-4-7-11-20-16-9-5-8-12-21-16/h16H,2-15H2,1H3. The number of hydrogen-bond acceptors (Lipinski definition) is 5. The lowest BCUT2D eigenvalue weighted by Gasteiger charge is -2.22. The number of rotatable bonds is 14. The Hall–Kier alpha value is -0.200. The maximum Gasteiger partial charge on any atom is 0.157 e. The summed E-state index contributed by atoms with van der Waals surface area (Å²) in [5.74, 6) is 0. The third-order valence-electron chi connectivity index (χ3n) is 3.47. The van der Waals surface area contributed by atoms with E-state index in [1.165, 1.54) is 32.1 Å². The highest BCUT2D eigenvalue weighted by molar-refractivity contribution is 4.54. The molecule has 0 aromatic rings. The first-order valence-corrected chi connectivity index (χ1v) is 8.31. The Morgan fingerprint density at radius 1 is 0.857 bits per heavy atom. The third-order valence-corrected chi connectivity index (χ3v) is 3.47. The average Bonchev–Trinajstić information content (AvgIpc) is 2.53. The van der Waals surface area contributed by atoms with E-state index in [0.717, 1.165) is 39.1 Å². The molecule has 1 aliphatic heterocycles. The first-order chi connectivity index (χ1) is 10.4. The van der Waals surface area contributed by atoms with Crippen LogP contribution in [0, 0.1) is 0 Å². The van der Waals surface area contributed by atoms with Crippen molar-refractivity contribution in [2.45, 2.75) is 57.7 Å². The summed E-state index contributed by atoms with van der Waals surface area (Å²) in [5.41, 5.74) is 0. The van der Waals surface area contributed by atoms with Crippen LogP contribution in [0.2, 0.25) is 0 Å². The van der Waals surface area contributed by atoms with Crippen LogP contribution in [0.15, 0.2) is 0 Å². The molecular formula is C16H32O5. The van der Waals surface area contributed by atoms with Crippen molar-refractivity contribution in [3.8, 4) is 0 Å². The Kier molecular flexibility index (Phi) is 13.2. The molecule has 0 aromatic carbocycles. The Morgan fingerprint density at radius 3 is 2.38 bits per heavy atom. The van der Waals surface area contributed by atoms with Crippen LogP contribution in [-0.2, 0) is 23.7 Å². The molecule has 1 aliphatic rings. The van der Waals surface area contributed by atoms with Crippen molar-refractivity contribution >= 4 is 0 Å². The summed E-state index contributed by atoms with van der Waals surface area (Å²) in [6.07, 6.45) is 9.42. The Bertz CT molecular complexity index is 207. The molecule has 1 fully saturated rings. The lowest BCUT2D eigenvalue weighted by molar-refractivity contribution is -0.162. The van der Waals surface area contributed by atoms with Gasteiger partial charge in [-0.15, -0.1) is 0 Å². The van der Waals surface area contributed by atoms with E-state index < -0.39 is 0 Å². The minimum Gasteiger partial charge on any atom is -0.382 e. The lowest BCUT2D eigenvalue weighted by atomic mass is 10.1. The second kappa shape index (κ2) is 14.7. The molecule has 5 nitrogen and oxygen atoms in total. The van der Waals surface area contributed by atoms with Crippen molar-refractivity contribution in [1.82, 2.24) is 0 Å². The number of hydrogen-bond donors (Lipinski definition) is 0. The van der Waals surface area contributed by atoms with Gasteiger partial charge in [-0.1, -0.05) is 19.3 Å². The van der Waals surface area contributed by atoms with Gasteiger partial charge < -0.3 is 23.7 Å². The summed E-state index contributed by atoms with van der Waals surface area (Å²) in [6, 6.07) is 0. The van der Waals surface area contributed by atoms with Gasteiger partial charge in [0.15, 0.2) is 6.29 Å². The maximum atomic E-state index is 5.70. The number of unbranched alkanes of at least 4 members (excludes halogenated alkanes) is 4. The number of methoxy groups -OCH3 is 1. The van der Waals surface area contributed by atoms with Crippen LogP contribution in [0.4, 0.5) is 0 Å².